The smallest absolute Gasteiger partial charge is 0.303 e. The first-order valence-corrected chi connectivity index (χ1v) is 18.3. The molecule has 1 N–H and O–H groups in total. The summed E-state index contributed by atoms with van der Waals surface area (Å²) >= 11 is 0. The molecule has 1 aromatic heterocycles. The zero-order chi connectivity index (χ0) is 32.2. The molecule has 252 valence electrons. The monoisotopic (exact) mass is 633 g/mol. The summed E-state index contributed by atoms with van der Waals surface area (Å²) in [6.45, 7) is 9.48. The Kier molecular flexibility index (Phi) is 10.8. The van der Waals surface area contributed by atoms with E-state index in [9.17, 15) is 14.7 Å². The van der Waals surface area contributed by atoms with Crippen molar-refractivity contribution < 1.29 is 14.7 Å². The molecule has 2 aromatic rings. The summed E-state index contributed by atoms with van der Waals surface area (Å²) in [5.74, 6) is 1.75. The predicted octanol–water partition coefficient (Wildman–Crippen LogP) is 6.49. The third kappa shape index (κ3) is 7.20. The summed E-state index contributed by atoms with van der Waals surface area (Å²) in [6, 6.07) is 9.63. The third-order valence-corrected chi connectivity index (χ3v) is 11.8. The molecule has 2 saturated heterocycles. The number of piperidine rings is 2. The molecule has 2 aliphatic heterocycles. The van der Waals surface area contributed by atoms with Crippen LogP contribution in [0.3, 0.4) is 0 Å². The van der Waals surface area contributed by atoms with Crippen LogP contribution in [-0.4, -0.2) is 80.5 Å². The number of oxime groups is 1. The molecule has 0 spiro atoms. The average Bonchev–Trinajstić information content (AvgIpc) is 3.05. The predicted molar refractivity (Wildman–Crippen MR) is 182 cm³/mol. The topological polar surface area (TPSA) is 100 Å². The minimum atomic E-state index is -0.936. The summed E-state index contributed by atoms with van der Waals surface area (Å²) in [6.07, 6.45) is 13.9. The van der Waals surface area contributed by atoms with Crippen molar-refractivity contribution in [2.24, 2.45) is 22.9 Å². The van der Waals surface area contributed by atoms with Crippen molar-refractivity contribution in [3.8, 4) is 0 Å². The lowest BCUT2D eigenvalue weighted by Gasteiger charge is -2.56. The average molecular weight is 634 g/mol. The standard InChI is InChI=1S/C37H55N5O4/c1-4-25-18-26-20-27(19-25)22-30(21-26)41-28-10-9-11-29(41)24-31(23-28)42-34-13-8-7-12-32(34)38-36(37(42)45)33(14-15-35(43)44)39-46-17-16-40(5-2)6-3/h7-8,12-13,25-31H,4-6,9-11,14-24H2,1-3H3,(H,43,44)/b39-33+/t25-,26-,27+,28-,29+,30+,31+. The van der Waals surface area contributed by atoms with Crippen molar-refractivity contribution in [3.63, 3.8) is 0 Å². The lowest BCUT2D eigenvalue weighted by molar-refractivity contribution is -0.136. The van der Waals surface area contributed by atoms with Crippen LogP contribution in [0.1, 0.15) is 116 Å². The molecule has 2 saturated carbocycles. The molecule has 0 amide bonds. The normalized spacial score (nSPS) is 30.1. The minimum absolute atomic E-state index is 0.0718. The fourth-order valence-electron chi connectivity index (χ4n) is 9.70. The molecule has 2 aliphatic carbocycles. The second-order valence-electron chi connectivity index (χ2n) is 14.6. The van der Waals surface area contributed by atoms with Crippen molar-refractivity contribution in [1.29, 1.82) is 0 Å². The number of likely N-dealkylation sites (N-methyl/N-ethyl adjacent to an activating group) is 1. The molecular formula is C37H55N5O4. The van der Waals surface area contributed by atoms with Crippen molar-refractivity contribution >= 4 is 22.7 Å². The number of benzene rings is 1. The highest BCUT2D eigenvalue weighted by Gasteiger charge is 2.46. The molecule has 6 rings (SSSR count). The Morgan fingerprint density at radius 3 is 2.28 bits per heavy atom. The lowest BCUT2D eigenvalue weighted by atomic mass is 9.64. The number of carbonyl (C=O) groups is 1. The van der Waals surface area contributed by atoms with E-state index in [2.05, 4.69) is 35.7 Å². The molecule has 0 radical (unpaired) electrons. The van der Waals surface area contributed by atoms with Gasteiger partial charge in [0.25, 0.3) is 5.56 Å². The van der Waals surface area contributed by atoms with E-state index in [0.29, 0.717) is 37.0 Å². The van der Waals surface area contributed by atoms with Crippen LogP contribution >= 0.6 is 0 Å². The second kappa shape index (κ2) is 15.0. The highest BCUT2D eigenvalue weighted by atomic mass is 16.6. The Bertz CT molecular complexity index is 1410. The second-order valence-corrected chi connectivity index (χ2v) is 14.6. The maximum Gasteiger partial charge on any atom is 0.303 e. The van der Waals surface area contributed by atoms with E-state index >= 15 is 0 Å². The first-order valence-electron chi connectivity index (χ1n) is 18.3. The van der Waals surface area contributed by atoms with Gasteiger partial charge in [0.2, 0.25) is 0 Å². The Labute approximate surface area is 274 Å². The number of aromatic nitrogens is 2. The molecule has 3 heterocycles. The van der Waals surface area contributed by atoms with Gasteiger partial charge in [-0.2, -0.15) is 0 Å². The van der Waals surface area contributed by atoms with Crippen LogP contribution in [0.25, 0.3) is 11.0 Å². The van der Waals surface area contributed by atoms with E-state index in [1.807, 2.05) is 28.8 Å². The summed E-state index contributed by atoms with van der Waals surface area (Å²) in [7, 11) is 0. The van der Waals surface area contributed by atoms with Crippen molar-refractivity contribution in [3.05, 3.63) is 40.3 Å². The number of carboxylic acids is 1. The van der Waals surface area contributed by atoms with Crippen LogP contribution in [0.4, 0.5) is 0 Å². The molecule has 46 heavy (non-hydrogen) atoms. The molecule has 1 aromatic carbocycles. The van der Waals surface area contributed by atoms with Crippen LogP contribution < -0.4 is 5.56 Å². The first kappa shape index (κ1) is 33.1. The van der Waals surface area contributed by atoms with E-state index in [1.165, 1.54) is 57.8 Å². The number of hydrogen-bond donors (Lipinski definition) is 1. The number of nitrogens with zero attached hydrogens (tertiary/aromatic N) is 5. The van der Waals surface area contributed by atoms with E-state index < -0.39 is 5.97 Å². The number of aliphatic carboxylic acids is 1. The largest absolute Gasteiger partial charge is 0.481 e. The van der Waals surface area contributed by atoms with E-state index in [-0.39, 0.29) is 30.1 Å². The number of fused-ring (bicyclic) bond motifs is 5. The van der Waals surface area contributed by atoms with Crippen LogP contribution in [0.15, 0.2) is 34.2 Å². The first-order chi connectivity index (χ1) is 22.4. The van der Waals surface area contributed by atoms with Gasteiger partial charge in [-0.3, -0.25) is 14.5 Å². The Morgan fingerprint density at radius 2 is 1.63 bits per heavy atom. The minimum Gasteiger partial charge on any atom is -0.481 e. The zero-order valence-electron chi connectivity index (χ0n) is 28.3. The molecular weight excluding hydrogens is 578 g/mol. The zero-order valence-corrected chi connectivity index (χ0v) is 28.3. The fraction of sp³-hybridized carbons (Fsp3) is 0.730. The van der Waals surface area contributed by atoms with Gasteiger partial charge >= 0.3 is 5.97 Å². The molecule has 9 heteroatoms. The lowest BCUT2D eigenvalue weighted by Crippen LogP contribution is -2.59. The van der Waals surface area contributed by atoms with Gasteiger partial charge in [0.15, 0.2) is 5.69 Å². The van der Waals surface area contributed by atoms with Crippen LogP contribution in [-0.2, 0) is 9.63 Å². The summed E-state index contributed by atoms with van der Waals surface area (Å²) < 4.78 is 1.99. The summed E-state index contributed by atoms with van der Waals surface area (Å²) in [5, 5.41) is 13.9. The third-order valence-electron chi connectivity index (χ3n) is 11.8. The number of hydrogen-bond acceptors (Lipinski definition) is 7. The Morgan fingerprint density at radius 1 is 0.935 bits per heavy atom. The number of para-hydroxylation sites is 2. The summed E-state index contributed by atoms with van der Waals surface area (Å²) in [4.78, 5) is 41.8. The maximum atomic E-state index is 14.5. The molecule has 4 aliphatic rings. The molecule has 7 atom stereocenters. The Hall–Kier alpha value is -2.78. The SMILES string of the molecule is CC[C@@H]1C[C@@H]2C[C@H](C1)C[C@@H](N1[C@@H]3CCC[C@H]1C[C@@H](n1c(=O)c(/C(CCC(=O)O)=N/OCCN(CC)CC)nc4ccccc41)C3)C2. The van der Waals surface area contributed by atoms with Crippen molar-refractivity contribution in [1.82, 2.24) is 19.4 Å². The van der Waals surface area contributed by atoms with Crippen LogP contribution in [0, 0.1) is 17.8 Å². The van der Waals surface area contributed by atoms with Gasteiger partial charge in [-0.1, -0.05) is 50.9 Å². The quantitative estimate of drug-likeness (QED) is 0.153. The van der Waals surface area contributed by atoms with E-state index in [1.54, 1.807) is 0 Å². The summed E-state index contributed by atoms with van der Waals surface area (Å²) in [5.41, 5.74) is 1.96. The van der Waals surface area contributed by atoms with E-state index in [4.69, 9.17) is 9.82 Å². The van der Waals surface area contributed by atoms with Crippen molar-refractivity contribution in [2.45, 2.75) is 128 Å². The maximum absolute atomic E-state index is 14.5. The molecule has 4 bridgehead atoms. The molecule has 0 unspecified atom stereocenters. The van der Waals surface area contributed by atoms with Gasteiger partial charge < -0.3 is 19.4 Å². The van der Waals surface area contributed by atoms with Crippen LogP contribution in [0.5, 0.6) is 0 Å². The van der Waals surface area contributed by atoms with Gasteiger partial charge in [-0.25, -0.2) is 4.98 Å². The van der Waals surface area contributed by atoms with Gasteiger partial charge in [-0.05, 0) is 101 Å². The van der Waals surface area contributed by atoms with Gasteiger partial charge in [0, 0.05) is 37.1 Å². The van der Waals surface area contributed by atoms with E-state index in [0.717, 1.165) is 54.7 Å². The van der Waals surface area contributed by atoms with Gasteiger partial charge in [0.1, 0.15) is 12.3 Å². The highest BCUT2D eigenvalue weighted by Crippen LogP contribution is 2.49. The van der Waals surface area contributed by atoms with Gasteiger partial charge in [0.05, 0.1) is 17.5 Å². The molecule has 4 fully saturated rings. The fourth-order valence-corrected chi connectivity index (χ4v) is 9.70. The van der Waals surface area contributed by atoms with Gasteiger partial charge in [-0.15, -0.1) is 0 Å². The Balaban J connectivity index is 1.29. The number of carboxylic acid groups (broad SMARTS) is 1. The van der Waals surface area contributed by atoms with Crippen molar-refractivity contribution in [2.75, 3.05) is 26.2 Å². The number of rotatable bonds is 13. The highest BCUT2D eigenvalue weighted by molar-refractivity contribution is 6.00. The molecule has 9 nitrogen and oxygen atoms in total. The van der Waals surface area contributed by atoms with Crippen LogP contribution in [0.2, 0.25) is 0 Å².